The van der Waals surface area contributed by atoms with Crippen molar-refractivity contribution in [2.24, 2.45) is 0 Å². The molecule has 0 saturated heterocycles. The number of carbonyl (C=O) groups excluding carboxylic acids is 1. The first-order valence-corrected chi connectivity index (χ1v) is 13.0. The number of nitrogens with zero attached hydrogens (tertiary/aromatic N) is 3. The Morgan fingerprint density at radius 1 is 1.05 bits per heavy atom. The fourth-order valence-electron chi connectivity index (χ4n) is 4.58. The predicted octanol–water partition coefficient (Wildman–Crippen LogP) is 6.54. The van der Waals surface area contributed by atoms with Gasteiger partial charge >= 0.3 is 0 Å². The van der Waals surface area contributed by atoms with Crippen LogP contribution in [0.25, 0.3) is 16.6 Å². The van der Waals surface area contributed by atoms with Crippen molar-refractivity contribution in [3.05, 3.63) is 123 Å². The van der Waals surface area contributed by atoms with Crippen molar-refractivity contribution in [2.75, 3.05) is 7.11 Å². The van der Waals surface area contributed by atoms with Gasteiger partial charge in [-0.25, -0.2) is 4.98 Å². The molecule has 8 heteroatoms. The predicted molar refractivity (Wildman–Crippen MR) is 150 cm³/mol. The number of hydrogen-bond donors (Lipinski definition) is 0. The minimum absolute atomic E-state index is 0.196. The number of para-hydroxylation sites is 1. The smallest absolute Gasteiger partial charge is 0.266 e. The summed E-state index contributed by atoms with van der Waals surface area (Å²) in [6.07, 6.45) is 2.10. The average Bonchev–Trinajstić information content (AvgIpc) is 3.46. The average molecular weight is 572 g/mol. The van der Waals surface area contributed by atoms with E-state index >= 15 is 0 Å². The van der Waals surface area contributed by atoms with Crippen LogP contribution in [0.1, 0.15) is 41.3 Å². The highest BCUT2D eigenvalue weighted by atomic mass is 79.9. The number of hydrogen-bond acceptors (Lipinski definition) is 5. The van der Waals surface area contributed by atoms with Crippen molar-refractivity contribution >= 4 is 32.7 Å². The summed E-state index contributed by atoms with van der Waals surface area (Å²) in [6, 6.07) is 24.8. The Labute approximate surface area is 228 Å². The third-order valence-corrected chi connectivity index (χ3v) is 6.93. The largest absolute Gasteiger partial charge is 0.497 e. The summed E-state index contributed by atoms with van der Waals surface area (Å²) in [7, 11) is 1.59. The van der Waals surface area contributed by atoms with Crippen LogP contribution in [0.4, 0.5) is 0 Å². The van der Waals surface area contributed by atoms with E-state index in [0.29, 0.717) is 45.9 Å². The highest BCUT2D eigenvalue weighted by molar-refractivity contribution is 9.10. The lowest BCUT2D eigenvalue weighted by molar-refractivity contribution is 0.0624. The van der Waals surface area contributed by atoms with Gasteiger partial charge in [-0.1, -0.05) is 41.1 Å². The SMILES string of the molecule is CCC(c1nc2ccccc2c(=O)n1-c1ccc(OC)cc1)N(Cc1ccco1)C(=O)c1cccc(Br)c1. The normalized spacial score (nSPS) is 11.9. The Morgan fingerprint density at radius 3 is 2.53 bits per heavy atom. The second kappa shape index (κ2) is 11.1. The highest BCUT2D eigenvalue weighted by Gasteiger charge is 2.30. The summed E-state index contributed by atoms with van der Waals surface area (Å²) in [5.74, 6) is 1.58. The molecule has 2 heterocycles. The molecule has 1 atom stereocenters. The van der Waals surface area contributed by atoms with Crippen LogP contribution < -0.4 is 10.3 Å². The number of furan rings is 1. The van der Waals surface area contributed by atoms with Crippen LogP contribution in [0.5, 0.6) is 5.75 Å². The van der Waals surface area contributed by atoms with Crippen LogP contribution in [-0.2, 0) is 6.54 Å². The van der Waals surface area contributed by atoms with Crippen LogP contribution in [0, 0.1) is 0 Å². The third-order valence-electron chi connectivity index (χ3n) is 6.43. The standard InChI is InChI=1S/C30H26BrN3O4/c1-3-27(33(19-24-10-7-17-38-24)29(35)20-8-6-9-21(31)18-20)28-32-26-12-5-4-11-25(26)30(36)34(28)22-13-15-23(37-2)16-14-22/h4-18,27H,3,19H2,1-2H3. The van der Waals surface area contributed by atoms with Crippen LogP contribution in [0.2, 0.25) is 0 Å². The Balaban J connectivity index is 1.72. The Morgan fingerprint density at radius 2 is 1.84 bits per heavy atom. The molecule has 1 unspecified atom stereocenters. The molecule has 3 aromatic carbocycles. The molecule has 5 rings (SSSR count). The first-order valence-electron chi connectivity index (χ1n) is 12.2. The summed E-state index contributed by atoms with van der Waals surface area (Å²) in [6.45, 7) is 2.19. The molecule has 0 bridgehead atoms. The van der Waals surface area contributed by atoms with Crippen molar-refractivity contribution in [1.29, 1.82) is 0 Å². The molecule has 5 aromatic rings. The Hall–Kier alpha value is -4.17. The van der Waals surface area contributed by atoms with Gasteiger partial charge in [0.15, 0.2) is 0 Å². The summed E-state index contributed by atoms with van der Waals surface area (Å²) >= 11 is 3.47. The maximum atomic E-state index is 14.0. The first kappa shape index (κ1) is 25.5. The maximum Gasteiger partial charge on any atom is 0.266 e. The van der Waals surface area contributed by atoms with Gasteiger partial charge in [0.25, 0.3) is 11.5 Å². The Kier molecular flexibility index (Phi) is 7.42. The quantitative estimate of drug-likeness (QED) is 0.211. The zero-order chi connectivity index (χ0) is 26.6. The van der Waals surface area contributed by atoms with Gasteiger partial charge in [0, 0.05) is 10.0 Å². The lowest BCUT2D eigenvalue weighted by atomic mass is 10.1. The lowest BCUT2D eigenvalue weighted by Crippen LogP contribution is -2.38. The molecular weight excluding hydrogens is 546 g/mol. The monoisotopic (exact) mass is 571 g/mol. The van der Waals surface area contributed by atoms with Crippen molar-refractivity contribution in [2.45, 2.75) is 25.9 Å². The molecule has 0 spiro atoms. The van der Waals surface area contributed by atoms with Gasteiger partial charge in [-0.05, 0) is 73.2 Å². The van der Waals surface area contributed by atoms with E-state index in [1.165, 1.54) is 0 Å². The lowest BCUT2D eigenvalue weighted by Gasteiger charge is -2.32. The molecule has 0 aliphatic heterocycles. The number of methoxy groups -OCH3 is 1. The number of ether oxygens (including phenoxy) is 1. The molecule has 0 N–H and O–H groups in total. The van der Waals surface area contributed by atoms with Crippen molar-refractivity contribution < 1.29 is 13.9 Å². The van der Waals surface area contributed by atoms with Gasteiger partial charge in [0.1, 0.15) is 17.3 Å². The molecule has 0 aliphatic rings. The summed E-state index contributed by atoms with van der Waals surface area (Å²) < 4.78 is 13.3. The minimum Gasteiger partial charge on any atom is -0.497 e. The highest BCUT2D eigenvalue weighted by Crippen LogP contribution is 2.30. The van der Waals surface area contributed by atoms with Crippen LogP contribution >= 0.6 is 15.9 Å². The number of rotatable bonds is 8. The maximum absolute atomic E-state index is 14.0. The van der Waals surface area contributed by atoms with Crippen LogP contribution in [-0.4, -0.2) is 27.5 Å². The number of halogens is 1. The number of amides is 1. The molecule has 0 aliphatic carbocycles. The second-order valence-electron chi connectivity index (χ2n) is 8.77. The Bertz CT molecular complexity index is 1630. The number of fused-ring (bicyclic) bond motifs is 1. The third kappa shape index (κ3) is 4.99. The van der Waals surface area contributed by atoms with E-state index in [9.17, 15) is 9.59 Å². The van der Waals surface area contributed by atoms with Crippen molar-refractivity contribution in [3.63, 3.8) is 0 Å². The molecule has 0 saturated carbocycles. The van der Waals surface area contributed by atoms with Crippen molar-refractivity contribution in [3.8, 4) is 11.4 Å². The molecule has 1 amide bonds. The van der Waals surface area contributed by atoms with Gasteiger partial charge in [-0.15, -0.1) is 0 Å². The van der Waals surface area contributed by atoms with E-state index < -0.39 is 6.04 Å². The van der Waals surface area contributed by atoms with Crippen LogP contribution in [0.3, 0.4) is 0 Å². The van der Waals surface area contributed by atoms with Gasteiger partial charge in [-0.2, -0.15) is 0 Å². The van der Waals surface area contributed by atoms with Crippen molar-refractivity contribution in [1.82, 2.24) is 14.5 Å². The zero-order valence-corrected chi connectivity index (χ0v) is 22.6. The molecule has 0 radical (unpaired) electrons. The van der Waals surface area contributed by atoms with E-state index in [2.05, 4.69) is 15.9 Å². The zero-order valence-electron chi connectivity index (χ0n) is 21.0. The molecule has 38 heavy (non-hydrogen) atoms. The van der Waals surface area contributed by atoms with E-state index in [1.807, 2.05) is 55.5 Å². The molecule has 2 aromatic heterocycles. The van der Waals surface area contributed by atoms with Gasteiger partial charge < -0.3 is 14.1 Å². The first-order chi connectivity index (χ1) is 18.5. The minimum atomic E-state index is -0.536. The van der Waals surface area contributed by atoms with E-state index in [0.717, 1.165) is 4.47 Å². The fraction of sp³-hybridized carbons (Fsp3) is 0.167. The fourth-order valence-corrected chi connectivity index (χ4v) is 4.98. The molecular formula is C30H26BrN3O4. The number of carbonyl (C=O) groups is 1. The van der Waals surface area contributed by atoms with Gasteiger partial charge in [0.2, 0.25) is 0 Å². The number of benzene rings is 3. The van der Waals surface area contributed by atoms with Gasteiger partial charge in [0.05, 0.1) is 42.5 Å². The van der Waals surface area contributed by atoms with E-state index in [4.69, 9.17) is 14.1 Å². The summed E-state index contributed by atoms with van der Waals surface area (Å²) in [5, 5.41) is 0.498. The second-order valence-corrected chi connectivity index (χ2v) is 9.69. The summed E-state index contributed by atoms with van der Waals surface area (Å²) in [4.78, 5) is 34.6. The molecule has 7 nitrogen and oxygen atoms in total. The van der Waals surface area contributed by atoms with E-state index in [-0.39, 0.29) is 18.0 Å². The van der Waals surface area contributed by atoms with Crippen LogP contribution in [0.15, 0.2) is 105 Å². The van der Waals surface area contributed by atoms with E-state index in [1.54, 1.807) is 59.2 Å². The molecule has 0 fully saturated rings. The number of aromatic nitrogens is 2. The van der Waals surface area contributed by atoms with Gasteiger partial charge in [-0.3, -0.25) is 14.2 Å². The summed E-state index contributed by atoms with van der Waals surface area (Å²) in [5.41, 5.74) is 1.52. The topological polar surface area (TPSA) is 77.6 Å². The molecule has 192 valence electrons.